The van der Waals surface area contributed by atoms with Gasteiger partial charge in [-0.25, -0.2) is 10.2 Å². The topological polar surface area (TPSA) is 77.0 Å². The summed E-state index contributed by atoms with van der Waals surface area (Å²) in [6.07, 6.45) is 2.23. The number of carbonyl (C=O) groups excluding carboxylic acids is 2. The van der Waals surface area contributed by atoms with Gasteiger partial charge < -0.3 is 9.47 Å². The second-order valence-electron chi connectivity index (χ2n) is 8.97. The summed E-state index contributed by atoms with van der Waals surface area (Å²) < 4.78 is 10.9. The average Bonchev–Trinajstić information content (AvgIpc) is 3.72. The van der Waals surface area contributed by atoms with Gasteiger partial charge in [-0.05, 0) is 53.4 Å². The monoisotopic (exact) mass is 524 g/mol. The van der Waals surface area contributed by atoms with Crippen molar-refractivity contribution in [2.24, 2.45) is 11.0 Å². The molecule has 1 aliphatic rings. The lowest BCUT2D eigenvalue weighted by molar-refractivity contribution is -0.122. The Hall–Kier alpha value is -4.42. The van der Waals surface area contributed by atoms with E-state index in [1.54, 1.807) is 42.5 Å². The van der Waals surface area contributed by atoms with Crippen LogP contribution in [0.2, 0.25) is 5.02 Å². The van der Waals surface area contributed by atoms with Gasteiger partial charge in [0.25, 0.3) is 0 Å². The van der Waals surface area contributed by atoms with Crippen LogP contribution in [0.3, 0.4) is 0 Å². The van der Waals surface area contributed by atoms with Gasteiger partial charge in [-0.3, -0.25) is 4.79 Å². The van der Waals surface area contributed by atoms with Crippen LogP contribution in [-0.2, 0) is 10.2 Å². The Labute approximate surface area is 225 Å². The van der Waals surface area contributed by atoms with Crippen molar-refractivity contribution < 1.29 is 19.1 Å². The van der Waals surface area contributed by atoms with Gasteiger partial charge in [-0.2, -0.15) is 5.10 Å². The summed E-state index contributed by atoms with van der Waals surface area (Å²) in [5.74, 6) is -0.383. The van der Waals surface area contributed by atoms with E-state index in [1.165, 1.54) is 13.3 Å². The molecule has 190 valence electrons. The first-order chi connectivity index (χ1) is 18.5. The number of nitrogens with zero attached hydrogens (tertiary/aromatic N) is 1. The molecule has 6 nitrogen and oxygen atoms in total. The SMILES string of the molecule is COc1cc(/C=N/NC(=O)C2CC2(c2ccccc2)c2ccccc2)ccc1OC(=O)c1ccccc1Cl. The standard InChI is InChI=1S/C31H25ClN2O4/c1-37-28-18-21(16-17-27(28)38-30(36)24-14-8-9-15-26(24)32)20-33-34-29(35)25-19-31(25,22-10-4-2-5-11-22)23-12-6-3-7-13-23/h2-18,20,25H,19H2,1H3,(H,34,35)/b33-20+. The lowest BCUT2D eigenvalue weighted by Gasteiger charge is -2.18. The van der Waals surface area contributed by atoms with E-state index >= 15 is 0 Å². The lowest BCUT2D eigenvalue weighted by Crippen LogP contribution is -2.25. The van der Waals surface area contributed by atoms with Crippen molar-refractivity contribution in [3.8, 4) is 11.5 Å². The van der Waals surface area contributed by atoms with Gasteiger partial charge in [-0.1, -0.05) is 84.4 Å². The minimum atomic E-state index is -0.590. The fourth-order valence-electron chi connectivity index (χ4n) is 4.73. The van der Waals surface area contributed by atoms with Crippen LogP contribution in [-0.4, -0.2) is 25.2 Å². The van der Waals surface area contributed by atoms with Crippen molar-refractivity contribution in [2.45, 2.75) is 11.8 Å². The van der Waals surface area contributed by atoms with Gasteiger partial charge >= 0.3 is 5.97 Å². The number of hydrogen-bond donors (Lipinski definition) is 1. The normalized spacial score (nSPS) is 15.6. The predicted molar refractivity (Wildman–Crippen MR) is 147 cm³/mol. The molecule has 0 saturated heterocycles. The number of nitrogens with one attached hydrogen (secondary N) is 1. The fourth-order valence-corrected chi connectivity index (χ4v) is 4.95. The number of hydrazone groups is 1. The molecule has 0 aromatic heterocycles. The van der Waals surface area contributed by atoms with E-state index in [4.69, 9.17) is 21.1 Å². The minimum Gasteiger partial charge on any atom is -0.493 e. The number of halogens is 1. The molecular formula is C31H25ClN2O4. The third-order valence-electron chi connectivity index (χ3n) is 6.73. The first kappa shape index (κ1) is 25.2. The summed E-state index contributed by atoms with van der Waals surface area (Å²) in [6, 6.07) is 31.8. The minimum absolute atomic E-state index is 0.147. The largest absolute Gasteiger partial charge is 0.493 e. The number of ether oxygens (including phenoxy) is 2. The van der Waals surface area contributed by atoms with E-state index in [2.05, 4.69) is 34.8 Å². The number of carbonyl (C=O) groups is 2. The molecule has 1 aliphatic carbocycles. The number of amides is 1. The van der Waals surface area contributed by atoms with Crippen LogP contribution in [0.25, 0.3) is 0 Å². The van der Waals surface area contributed by atoms with Crippen molar-refractivity contribution in [2.75, 3.05) is 7.11 Å². The molecule has 1 saturated carbocycles. The molecule has 7 heteroatoms. The Morgan fingerprint density at radius 3 is 2.16 bits per heavy atom. The molecule has 4 aromatic carbocycles. The molecule has 1 amide bonds. The second-order valence-corrected chi connectivity index (χ2v) is 9.38. The van der Waals surface area contributed by atoms with Crippen molar-refractivity contribution in [1.82, 2.24) is 5.43 Å². The van der Waals surface area contributed by atoms with Crippen LogP contribution >= 0.6 is 11.6 Å². The summed E-state index contributed by atoms with van der Waals surface area (Å²) in [4.78, 5) is 25.6. The number of benzene rings is 4. The maximum Gasteiger partial charge on any atom is 0.345 e. The molecule has 0 aliphatic heterocycles. The molecule has 38 heavy (non-hydrogen) atoms. The number of esters is 1. The van der Waals surface area contributed by atoms with E-state index in [0.29, 0.717) is 22.8 Å². The Bertz CT molecular complexity index is 1450. The van der Waals surface area contributed by atoms with E-state index in [0.717, 1.165) is 11.1 Å². The highest BCUT2D eigenvalue weighted by Crippen LogP contribution is 2.58. The summed E-state index contributed by atoms with van der Waals surface area (Å²) in [6.45, 7) is 0. The zero-order valence-electron chi connectivity index (χ0n) is 20.6. The molecule has 1 fully saturated rings. The number of rotatable bonds is 8. The van der Waals surface area contributed by atoms with Crippen molar-refractivity contribution in [1.29, 1.82) is 0 Å². The molecule has 1 unspecified atom stereocenters. The van der Waals surface area contributed by atoms with E-state index in [9.17, 15) is 9.59 Å². The molecule has 1 atom stereocenters. The maximum absolute atomic E-state index is 13.1. The van der Waals surface area contributed by atoms with Crippen LogP contribution in [0.5, 0.6) is 11.5 Å². The Kier molecular flexibility index (Phi) is 7.24. The zero-order valence-corrected chi connectivity index (χ0v) is 21.4. The zero-order chi connectivity index (χ0) is 26.5. The quantitative estimate of drug-likeness (QED) is 0.132. The van der Waals surface area contributed by atoms with Crippen LogP contribution in [0.1, 0.15) is 33.5 Å². The molecule has 0 spiro atoms. The van der Waals surface area contributed by atoms with Gasteiger partial charge in [0.1, 0.15) is 0 Å². The third-order valence-corrected chi connectivity index (χ3v) is 7.06. The van der Waals surface area contributed by atoms with Gasteiger partial charge in [-0.15, -0.1) is 0 Å². The molecule has 5 rings (SSSR count). The molecule has 0 heterocycles. The Morgan fingerprint density at radius 2 is 1.53 bits per heavy atom. The van der Waals surface area contributed by atoms with Crippen molar-refractivity contribution >= 4 is 29.7 Å². The van der Waals surface area contributed by atoms with Crippen molar-refractivity contribution in [3.05, 3.63) is 130 Å². The Morgan fingerprint density at radius 1 is 0.895 bits per heavy atom. The van der Waals surface area contributed by atoms with E-state index in [1.807, 2.05) is 36.4 Å². The highest BCUT2D eigenvalue weighted by Gasteiger charge is 2.60. The summed E-state index contributed by atoms with van der Waals surface area (Å²) in [5.41, 5.74) is 5.47. The molecule has 4 aromatic rings. The smallest absolute Gasteiger partial charge is 0.345 e. The van der Waals surface area contributed by atoms with Crippen LogP contribution in [0.4, 0.5) is 0 Å². The molecule has 0 radical (unpaired) electrons. The first-order valence-corrected chi connectivity index (χ1v) is 12.5. The highest BCUT2D eigenvalue weighted by atomic mass is 35.5. The summed E-state index contributed by atoms with van der Waals surface area (Å²) in [7, 11) is 1.48. The molecular weight excluding hydrogens is 500 g/mol. The number of methoxy groups -OCH3 is 1. The average molecular weight is 525 g/mol. The van der Waals surface area contributed by atoms with Crippen LogP contribution in [0, 0.1) is 5.92 Å². The predicted octanol–water partition coefficient (Wildman–Crippen LogP) is 6.02. The summed E-state index contributed by atoms with van der Waals surface area (Å²) >= 11 is 6.10. The van der Waals surface area contributed by atoms with Gasteiger partial charge in [0.2, 0.25) is 5.91 Å². The van der Waals surface area contributed by atoms with Crippen LogP contribution < -0.4 is 14.9 Å². The van der Waals surface area contributed by atoms with Crippen LogP contribution in [0.15, 0.2) is 108 Å². The summed E-state index contributed by atoms with van der Waals surface area (Å²) in [5, 5.41) is 4.48. The van der Waals surface area contributed by atoms with E-state index < -0.39 is 5.97 Å². The van der Waals surface area contributed by atoms with Gasteiger partial charge in [0, 0.05) is 5.41 Å². The highest BCUT2D eigenvalue weighted by molar-refractivity contribution is 6.33. The third kappa shape index (κ3) is 5.04. The Balaban J connectivity index is 1.27. The number of hydrogen-bond acceptors (Lipinski definition) is 5. The van der Waals surface area contributed by atoms with Gasteiger partial charge in [0.05, 0.1) is 29.8 Å². The fraction of sp³-hybridized carbons (Fsp3) is 0.129. The van der Waals surface area contributed by atoms with Crippen molar-refractivity contribution in [3.63, 3.8) is 0 Å². The maximum atomic E-state index is 13.1. The molecule has 0 bridgehead atoms. The molecule has 1 N–H and O–H groups in total. The first-order valence-electron chi connectivity index (χ1n) is 12.1. The van der Waals surface area contributed by atoms with Gasteiger partial charge in [0.15, 0.2) is 11.5 Å². The van der Waals surface area contributed by atoms with E-state index in [-0.39, 0.29) is 28.6 Å². The lowest BCUT2D eigenvalue weighted by atomic mass is 9.85. The second kappa shape index (κ2) is 10.9.